The molecule has 2 aromatic rings. The number of esters is 1. The molecular formula is C15H11NO4. The predicted octanol–water partition coefficient (Wildman–Crippen LogP) is 2.63. The van der Waals surface area contributed by atoms with Crippen LogP contribution in [-0.2, 0) is 9.53 Å². The third-order valence-corrected chi connectivity index (χ3v) is 2.77. The number of carbonyl (C=O) groups excluding carboxylic acids is 1. The summed E-state index contributed by atoms with van der Waals surface area (Å²) in [6.45, 7) is 0. The molecule has 0 aliphatic carbocycles. The molecule has 5 nitrogen and oxygen atoms in total. The van der Waals surface area contributed by atoms with Crippen molar-refractivity contribution in [2.24, 2.45) is 4.99 Å². The lowest BCUT2D eigenvalue weighted by atomic mass is 10.2. The summed E-state index contributed by atoms with van der Waals surface area (Å²) >= 11 is 0. The molecule has 0 N–H and O–H groups in total. The Bertz CT molecular complexity index is 681. The average Bonchev–Trinajstić information content (AvgIpc) is 3.10. The molecule has 0 amide bonds. The maximum absolute atomic E-state index is 11.7. The lowest BCUT2D eigenvalue weighted by Crippen LogP contribution is -2.04. The van der Waals surface area contributed by atoms with Crippen molar-refractivity contribution >= 4 is 17.9 Å². The number of carbonyl (C=O) groups is 1. The number of aliphatic imine (C=N–C) groups is 1. The highest BCUT2D eigenvalue weighted by Gasteiger charge is 2.25. The number of furan rings is 1. The second kappa shape index (κ2) is 5.05. The van der Waals surface area contributed by atoms with E-state index in [1.807, 2.05) is 24.3 Å². The number of ether oxygens (including phenoxy) is 2. The Kier molecular flexibility index (Phi) is 3.09. The number of methoxy groups -OCH3 is 1. The first kappa shape index (κ1) is 12.2. The summed E-state index contributed by atoms with van der Waals surface area (Å²) in [5.41, 5.74) is 1.07. The van der Waals surface area contributed by atoms with E-state index in [9.17, 15) is 4.79 Å². The monoisotopic (exact) mass is 269 g/mol. The summed E-state index contributed by atoms with van der Waals surface area (Å²) in [5.74, 6) is 0.865. The van der Waals surface area contributed by atoms with Crippen LogP contribution in [0, 0.1) is 0 Å². The molecule has 2 heterocycles. The van der Waals surface area contributed by atoms with Crippen molar-refractivity contribution in [3.63, 3.8) is 0 Å². The normalized spacial score (nSPS) is 16.1. The quantitative estimate of drug-likeness (QED) is 0.634. The molecule has 0 spiro atoms. The summed E-state index contributed by atoms with van der Waals surface area (Å²) in [6, 6.07) is 10.7. The van der Waals surface area contributed by atoms with Gasteiger partial charge in [0.2, 0.25) is 0 Å². The van der Waals surface area contributed by atoms with Crippen molar-refractivity contribution in [2.45, 2.75) is 0 Å². The molecule has 0 bridgehead atoms. The van der Waals surface area contributed by atoms with Crippen LogP contribution in [0.15, 0.2) is 57.8 Å². The van der Waals surface area contributed by atoms with E-state index in [1.54, 1.807) is 25.3 Å². The SMILES string of the molecule is COc1ccc(/C=C2/N=C(c3ccco3)OC2=O)cc1. The fourth-order valence-electron chi connectivity index (χ4n) is 1.77. The van der Waals surface area contributed by atoms with Gasteiger partial charge in [0.1, 0.15) is 5.75 Å². The lowest BCUT2D eigenvalue weighted by Gasteiger charge is -1.99. The standard InChI is InChI=1S/C15H11NO4/c1-18-11-6-4-10(5-7-11)9-12-15(17)20-14(16-12)13-3-2-8-19-13/h2-9H,1H3/b12-9+. The van der Waals surface area contributed by atoms with E-state index in [-0.39, 0.29) is 11.6 Å². The van der Waals surface area contributed by atoms with Gasteiger partial charge in [0.05, 0.1) is 13.4 Å². The van der Waals surface area contributed by atoms with Crippen LogP contribution in [0.2, 0.25) is 0 Å². The van der Waals surface area contributed by atoms with E-state index in [0.717, 1.165) is 11.3 Å². The van der Waals surface area contributed by atoms with Crippen LogP contribution in [0.4, 0.5) is 0 Å². The lowest BCUT2D eigenvalue weighted by molar-refractivity contribution is -0.130. The highest BCUT2D eigenvalue weighted by Crippen LogP contribution is 2.20. The molecule has 20 heavy (non-hydrogen) atoms. The number of cyclic esters (lactones) is 1. The van der Waals surface area contributed by atoms with Crippen LogP contribution >= 0.6 is 0 Å². The summed E-state index contributed by atoms with van der Waals surface area (Å²) in [4.78, 5) is 15.9. The largest absolute Gasteiger partial charge is 0.497 e. The van der Waals surface area contributed by atoms with Crippen molar-refractivity contribution in [3.8, 4) is 5.75 Å². The van der Waals surface area contributed by atoms with Gasteiger partial charge in [-0.2, -0.15) is 0 Å². The molecule has 0 fully saturated rings. The minimum absolute atomic E-state index is 0.180. The first-order valence-electron chi connectivity index (χ1n) is 5.97. The zero-order valence-electron chi connectivity index (χ0n) is 10.7. The second-order valence-electron chi connectivity index (χ2n) is 4.09. The van der Waals surface area contributed by atoms with Gasteiger partial charge in [0.15, 0.2) is 11.5 Å². The van der Waals surface area contributed by atoms with Gasteiger partial charge in [-0.05, 0) is 35.9 Å². The summed E-state index contributed by atoms with van der Waals surface area (Å²) in [6.07, 6.45) is 3.15. The Morgan fingerprint density at radius 3 is 2.65 bits per heavy atom. The van der Waals surface area contributed by atoms with Gasteiger partial charge in [-0.3, -0.25) is 0 Å². The molecule has 3 rings (SSSR count). The van der Waals surface area contributed by atoms with Gasteiger partial charge in [0.25, 0.3) is 5.90 Å². The van der Waals surface area contributed by atoms with Gasteiger partial charge in [0, 0.05) is 0 Å². The molecule has 1 aliphatic heterocycles. The van der Waals surface area contributed by atoms with E-state index < -0.39 is 5.97 Å². The van der Waals surface area contributed by atoms with Crippen LogP contribution in [-0.4, -0.2) is 19.0 Å². The minimum Gasteiger partial charge on any atom is -0.497 e. The molecule has 1 aliphatic rings. The highest BCUT2D eigenvalue weighted by molar-refractivity contribution is 6.11. The Labute approximate surface area is 115 Å². The predicted molar refractivity (Wildman–Crippen MR) is 72.3 cm³/mol. The fraction of sp³-hybridized carbons (Fsp3) is 0.0667. The first-order valence-corrected chi connectivity index (χ1v) is 5.97. The van der Waals surface area contributed by atoms with Gasteiger partial charge in [-0.1, -0.05) is 12.1 Å². The third kappa shape index (κ3) is 2.33. The Morgan fingerprint density at radius 1 is 1.20 bits per heavy atom. The van der Waals surface area contributed by atoms with Crippen LogP contribution < -0.4 is 4.74 Å². The van der Waals surface area contributed by atoms with Crippen LogP contribution in [0.25, 0.3) is 6.08 Å². The molecule has 0 saturated carbocycles. The molecule has 0 saturated heterocycles. The highest BCUT2D eigenvalue weighted by atomic mass is 16.6. The zero-order valence-corrected chi connectivity index (χ0v) is 10.7. The second-order valence-corrected chi connectivity index (χ2v) is 4.09. The molecule has 1 aromatic heterocycles. The molecule has 0 atom stereocenters. The summed E-state index contributed by atoms with van der Waals surface area (Å²) in [5, 5.41) is 0. The number of hydrogen-bond donors (Lipinski definition) is 0. The van der Waals surface area contributed by atoms with E-state index in [1.165, 1.54) is 6.26 Å². The average molecular weight is 269 g/mol. The number of rotatable bonds is 3. The van der Waals surface area contributed by atoms with Crippen LogP contribution in [0.3, 0.4) is 0 Å². The third-order valence-electron chi connectivity index (χ3n) is 2.77. The number of hydrogen-bond acceptors (Lipinski definition) is 5. The van der Waals surface area contributed by atoms with E-state index in [2.05, 4.69) is 4.99 Å². The molecule has 1 aromatic carbocycles. The van der Waals surface area contributed by atoms with Gasteiger partial charge in [-0.15, -0.1) is 0 Å². The van der Waals surface area contributed by atoms with Crippen LogP contribution in [0.1, 0.15) is 11.3 Å². The maximum atomic E-state index is 11.7. The maximum Gasteiger partial charge on any atom is 0.363 e. The van der Waals surface area contributed by atoms with Crippen LogP contribution in [0.5, 0.6) is 5.75 Å². The molecular weight excluding hydrogens is 258 g/mol. The smallest absolute Gasteiger partial charge is 0.363 e. The fourth-order valence-corrected chi connectivity index (χ4v) is 1.77. The van der Waals surface area contributed by atoms with E-state index >= 15 is 0 Å². The first-order chi connectivity index (χ1) is 9.76. The number of benzene rings is 1. The van der Waals surface area contributed by atoms with E-state index in [4.69, 9.17) is 13.9 Å². The van der Waals surface area contributed by atoms with Crippen molar-refractivity contribution in [1.29, 1.82) is 0 Å². The van der Waals surface area contributed by atoms with Crippen molar-refractivity contribution in [3.05, 3.63) is 59.7 Å². The van der Waals surface area contributed by atoms with Crippen molar-refractivity contribution in [2.75, 3.05) is 7.11 Å². The number of nitrogens with zero attached hydrogens (tertiary/aromatic N) is 1. The molecule has 0 radical (unpaired) electrons. The minimum atomic E-state index is -0.493. The topological polar surface area (TPSA) is 61.0 Å². The zero-order chi connectivity index (χ0) is 13.9. The summed E-state index contributed by atoms with van der Waals surface area (Å²) in [7, 11) is 1.60. The molecule has 5 heteroatoms. The van der Waals surface area contributed by atoms with Gasteiger partial charge >= 0.3 is 5.97 Å². The van der Waals surface area contributed by atoms with Gasteiger partial charge in [-0.25, -0.2) is 9.79 Å². The van der Waals surface area contributed by atoms with Crippen molar-refractivity contribution < 1.29 is 18.7 Å². The Hall–Kier alpha value is -2.82. The van der Waals surface area contributed by atoms with E-state index in [0.29, 0.717) is 5.76 Å². The molecule has 100 valence electrons. The van der Waals surface area contributed by atoms with Gasteiger partial charge < -0.3 is 13.9 Å². The molecule has 0 unspecified atom stereocenters. The Morgan fingerprint density at radius 2 is 2.00 bits per heavy atom. The Balaban J connectivity index is 1.88. The summed E-state index contributed by atoms with van der Waals surface area (Å²) < 4.78 is 15.3. The van der Waals surface area contributed by atoms with Crippen molar-refractivity contribution in [1.82, 2.24) is 0 Å².